The van der Waals surface area contributed by atoms with Gasteiger partial charge in [-0.1, -0.05) is 40.7 Å². The lowest BCUT2D eigenvalue weighted by atomic mass is 9.88. The summed E-state index contributed by atoms with van der Waals surface area (Å²) < 4.78 is 8.66. The molecule has 11 heteroatoms. The number of benzene rings is 1. The average molecular weight is 577 g/mol. The van der Waals surface area contributed by atoms with Crippen LogP contribution in [0.5, 0.6) is 5.75 Å². The number of carbonyl (C=O) groups excluding carboxylic acids is 2. The molecule has 0 bridgehead atoms. The molecule has 0 radical (unpaired) electrons. The minimum absolute atomic E-state index is 0.111. The first-order valence-electron chi connectivity index (χ1n) is 11.1. The number of nitrogens with one attached hydrogen (secondary N) is 1. The molecular weight excluding hydrogens is 550 g/mol. The molecule has 3 aromatic rings. The number of aromatic nitrogens is 3. The van der Waals surface area contributed by atoms with E-state index in [0.717, 1.165) is 34.2 Å². The minimum Gasteiger partial charge on any atom is -0.486 e. The van der Waals surface area contributed by atoms with E-state index < -0.39 is 5.91 Å². The van der Waals surface area contributed by atoms with Crippen LogP contribution in [-0.2, 0) is 30.8 Å². The molecule has 0 spiro atoms. The van der Waals surface area contributed by atoms with Crippen LogP contribution in [0.25, 0.3) is 0 Å². The Morgan fingerprint density at radius 1 is 1.37 bits per heavy atom. The molecule has 1 atom stereocenters. The van der Waals surface area contributed by atoms with Gasteiger partial charge in [-0.2, -0.15) is 0 Å². The number of carbonyl (C=O) groups is 2. The lowest BCUT2D eigenvalue weighted by Crippen LogP contribution is -2.20. The van der Waals surface area contributed by atoms with Crippen LogP contribution in [0.4, 0.5) is 5.00 Å². The van der Waals surface area contributed by atoms with Gasteiger partial charge in [-0.25, -0.2) is 0 Å². The minimum atomic E-state index is -0.499. The fourth-order valence-corrected chi connectivity index (χ4v) is 6.38. The van der Waals surface area contributed by atoms with Crippen LogP contribution in [0, 0.1) is 5.92 Å². The van der Waals surface area contributed by atoms with Gasteiger partial charge < -0.3 is 15.8 Å². The molecular formula is C24H26BrN5O3S2. The molecule has 1 unspecified atom stereocenters. The molecule has 35 heavy (non-hydrogen) atoms. The maximum Gasteiger partial charge on any atom is 0.251 e. The summed E-state index contributed by atoms with van der Waals surface area (Å²) in [7, 11) is 0. The van der Waals surface area contributed by atoms with Gasteiger partial charge in [-0.05, 0) is 55.0 Å². The number of thioether (sulfide) groups is 1. The highest BCUT2D eigenvalue weighted by atomic mass is 79.9. The number of thiophene rings is 1. The first-order valence-corrected chi connectivity index (χ1v) is 13.7. The molecule has 1 aromatic carbocycles. The van der Waals surface area contributed by atoms with Crippen LogP contribution in [0.15, 0.2) is 46.5 Å². The van der Waals surface area contributed by atoms with Crippen molar-refractivity contribution in [3.05, 3.63) is 63.2 Å². The zero-order chi connectivity index (χ0) is 24.9. The van der Waals surface area contributed by atoms with Crippen LogP contribution in [0.2, 0.25) is 0 Å². The fourth-order valence-electron chi connectivity index (χ4n) is 3.92. The van der Waals surface area contributed by atoms with Crippen LogP contribution >= 0.6 is 39.0 Å². The number of amides is 2. The molecule has 0 aliphatic heterocycles. The zero-order valence-corrected chi connectivity index (χ0v) is 22.5. The summed E-state index contributed by atoms with van der Waals surface area (Å²) in [4.78, 5) is 26.0. The van der Waals surface area contributed by atoms with Crippen LogP contribution in [-0.4, -0.2) is 32.3 Å². The summed E-state index contributed by atoms with van der Waals surface area (Å²) in [5, 5.41) is 12.5. The Kier molecular flexibility index (Phi) is 8.30. The number of fused-ring (bicyclic) bond motifs is 1. The van der Waals surface area contributed by atoms with E-state index in [1.54, 1.807) is 6.08 Å². The Balaban J connectivity index is 1.41. The van der Waals surface area contributed by atoms with E-state index >= 15 is 0 Å². The Morgan fingerprint density at radius 2 is 2.14 bits per heavy atom. The number of rotatable bonds is 10. The lowest BCUT2D eigenvalue weighted by Gasteiger charge is -2.18. The van der Waals surface area contributed by atoms with Gasteiger partial charge in [0, 0.05) is 15.9 Å². The summed E-state index contributed by atoms with van der Waals surface area (Å²) in [5.41, 5.74) is 7.10. The van der Waals surface area contributed by atoms with E-state index in [-0.39, 0.29) is 18.3 Å². The van der Waals surface area contributed by atoms with Gasteiger partial charge in [-0.3, -0.25) is 14.2 Å². The van der Waals surface area contributed by atoms with Crippen molar-refractivity contribution in [3.63, 3.8) is 0 Å². The predicted molar refractivity (Wildman–Crippen MR) is 142 cm³/mol. The molecule has 0 saturated heterocycles. The number of primary amides is 1. The van der Waals surface area contributed by atoms with Crippen molar-refractivity contribution in [2.24, 2.45) is 11.7 Å². The lowest BCUT2D eigenvalue weighted by molar-refractivity contribution is -0.113. The molecule has 1 aliphatic carbocycles. The highest BCUT2D eigenvalue weighted by Gasteiger charge is 2.27. The Bertz CT molecular complexity index is 1240. The second kappa shape index (κ2) is 11.4. The molecule has 4 rings (SSSR count). The molecule has 0 fully saturated rings. The Labute approximate surface area is 220 Å². The van der Waals surface area contributed by atoms with Crippen LogP contribution in [0.1, 0.15) is 40.0 Å². The molecule has 0 saturated carbocycles. The monoisotopic (exact) mass is 575 g/mol. The topological polar surface area (TPSA) is 112 Å². The van der Waals surface area contributed by atoms with Crippen molar-refractivity contribution in [1.29, 1.82) is 0 Å². The third kappa shape index (κ3) is 6.14. The van der Waals surface area contributed by atoms with E-state index in [4.69, 9.17) is 10.5 Å². The second-order valence-corrected chi connectivity index (χ2v) is 11.3. The van der Waals surface area contributed by atoms with Crippen LogP contribution in [0.3, 0.4) is 0 Å². The fraction of sp³-hybridized carbons (Fsp3) is 0.333. The van der Waals surface area contributed by atoms with Gasteiger partial charge in [0.25, 0.3) is 5.91 Å². The average Bonchev–Trinajstić information content (AvgIpc) is 3.37. The maximum absolute atomic E-state index is 12.8. The van der Waals surface area contributed by atoms with Gasteiger partial charge in [0.15, 0.2) is 11.0 Å². The summed E-state index contributed by atoms with van der Waals surface area (Å²) in [6.45, 7) is 6.72. The molecule has 3 N–H and O–H groups in total. The van der Waals surface area contributed by atoms with E-state index in [2.05, 4.69) is 44.9 Å². The third-order valence-corrected chi connectivity index (χ3v) is 8.30. The number of anilines is 1. The van der Waals surface area contributed by atoms with Crippen molar-refractivity contribution in [2.45, 2.75) is 44.5 Å². The third-order valence-electron chi connectivity index (χ3n) is 5.63. The van der Waals surface area contributed by atoms with E-state index in [1.807, 2.05) is 28.8 Å². The first-order chi connectivity index (χ1) is 16.9. The normalized spacial score (nSPS) is 14.9. The van der Waals surface area contributed by atoms with Gasteiger partial charge in [0.05, 0.1) is 11.3 Å². The Hall–Kier alpha value is -2.63. The van der Waals surface area contributed by atoms with E-state index in [0.29, 0.717) is 39.8 Å². The number of halogens is 1. The summed E-state index contributed by atoms with van der Waals surface area (Å²) in [6.07, 6.45) is 4.47. The van der Waals surface area contributed by atoms with Crippen LogP contribution < -0.4 is 15.8 Å². The highest BCUT2D eigenvalue weighted by Crippen LogP contribution is 2.39. The predicted octanol–water partition coefficient (Wildman–Crippen LogP) is 4.82. The summed E-state index contributed by atoms with van der Waals surface area (Å²) in [5.74, 6) is 1.28. The van der Waals surface area contributed by atoms with Crippen molar-refractivity contribution >= 4 is 55.8 Å². The van der Waals surface area contributed by atoms with Gasteiger partial charge in [0.2, 0.25) is 5.91 Å². The molecule has 184 valence electrons. The molecule has 2 amide bonds. The smallest absolute Gasteiger partial charge is 0.251 e. The van der Waals surface area contributed by atoms with Gasteiger partial charge >= 0.3 is 0 Å². The van der Waals surface area contributed by atoms with E-state index in [1.165, 1.54) is 23.1 Å². The SMILES string of the molecule is C=CCn1c(COc2ccc(Br)cc2)nnc1SCC(=O)Nc1sc2c(c1C(N)=O)CCC(C)C2. The molecule has 2 heterocycles. The molecule has 8 nitrogen and oxygen atoms in total. The molecule has 1 aliphatic rings. The maximum atomic E-state index is 12.8. The van der Waals surface area contributed by atoms with Crippen molar-refractivity contribution in [3.8, 4) is 5.75 Å². The number of ether oxygens (including phenoxy) is 1. The number of nitrogens with zero attached hydrogens (tertiary/aromatic N) is 3. The number of nitrogens with two attached hydrogens (primary N) is 1. The molecule has 2 aromatic heterocycles. The number of hydrogen-bond donors (Lipinski definition) is 2. The van der Waals surface area contributed by atoms with Crippen molar-refractivity contribution in [1.82, 2.24) is 14.8 Å². The summed E-state index contributed by atoms with van der Waals surface area (Å²) in [6, 6.07) is 7.53. The quantitative estimate of drug-likeness (QED) is 0.264. The van der Waals surface area contributed by atoms with E-state index in [9.17, 15) is 9.59 Å². The first kappa shape index (κ1) is 25.5. The van der Waals surface area contributed by atoms with Crippen molar-refractivity contribution in [2.75, 3.05) is 11.1 Å². The zero-order valence-electron chi connectivity index (χ0n) is 19.3. The largest absolute Gasteiger partial charge is 0.486 e. The summed E-state index contributed by atoms with van der Waals surface area (Å²) >= 11 is 6.13. The number of hydrogen-bond acceptors (Lipinski definition) is 7. The highest BCUT2D eigenvalue weighted by molar-refractivity contribution is 9.10. The number of allylic oxidation sites excluding steroid dienone is 1. The standard InChI is InChI=1S/C24H26BrN5O3S2/c1-3-10-30-19(12-33-16-7-5-15(25)6-8-16)28-29-24(30)34-13-20(31)27-23-21(22(26)32)17-9-4-14(2)11-18(17)35-23/h3,5-8,14H,1,4,9-13H2,2H3,(H2,26,32)(H,27,31). The van der Waals surface area contributed by atoms with Gasteiger partial charge in [-0.15, -0.1) is 28.1 Å². The van der Waals surface area contributed by atoms with Crippen molar-refractivity contribution < 1.29 is 14.3 Å². The van der Waals surface area contributed by atoms with Gasteiger partial charge in [0.1, 0.15) is 17.4 Å². The Morgan fingerprint density at radius 3 is 2.86 bits per heavy atom. The second-order valence-electron chi connectivity index (χ2n) is 8.30.